The van der Waals surface area contributed by atoms with Gasteiger partial charge in [0.1, 0.15) is 5.82 Å². The van der Waals surface area contributed by atoms with Crippen LogP contribution in [-0.4, -0.2) is 30.1 Å². The number of hydrogen-bond acceptors (Lipinski definition) is 5. The Bertz CT molecular complexity index is 1040. The quantitative estimate of drug-likeness (QED) is 0.699. The molecule has 2 N–H and O–H groups in total. The first-order valence-electron chi connectivity index (χ1n) is 8.52. The Labute approximate surface area is 156 Å². The topological polar surface area (TPSA) is 93.3 Å². The number of methoxy groups -OCH3 is 2. The molecule has 7 heteroatoms. The number of hydrogen-bond donors (Lipinski definition) is 2. The van der Waals surface area contributed by atoms with Gasteiger partial charge in [-0.3, -0.25) is 9.59 Å². The van der Waals surface area contributed by atoms with Gasteiger partial charge in [-0.25, -0.2) is 4.98 Å². The van der Waals surface area contributed by atoms with Gasteiger partial charge in [-0.05, 0) is 30.7 Å². The van der Waals surface area contributed by atoms with Crippen molar-refractivity contribution in [2.75, 3.05) is 19.5 Å². The van der Waals surface area contributed by atoms with Crippen LogP contribution in [0.25, 0.3) is 10.9 Å². The van der Waals surface area contributed by atoms with Crippen molar-refractivity contribution in [1.29, 1.82) is 0 Å². The molecule has 0 aliphatic heterocycles. The summed E-state index contributed by atoms with van der Waals surface area (Å²) in [5.41, 5.74) is 1.93. The molecule has 0 bridgehead atoms. The molecule has 0 saturated carbocycles. The van der Waals surface area contributed by atoms with Crippen molar-refractivity contribution < 1.29 is 14.3 Å². The zero-order valence-electron chi connectivity index (χ0n) is 15.5. The van der Waals surface area contributed by atoms with Crippen LogP contribution in [0.15, 0.2) is 41.2 Å². The van der Waals surface area contributed by atoms with Crippen LogP contribution in [0.4, 0.5) is 5.69 Å². The highest BCUT2D eigenvalue weighted by atomic mass is 16.5. The van der Waals surface area contributed by atoms with Crippen LogP contribution in [0.3, 0.4) is 0 Å². The average Bonchev–Trinajstić information content (AvgIpc) is 2.67. The second-order valence-corrected chi connectivity index (χ2v) is 6.10. The molecule has 0 fully saturated rings. The number of para-hydroxylation sites is 1. The number of carbonyl (C=O) groups excluding carboxylic acids is 1. The molecule has 1 amide bonds. The van der Waals surface area contributed by atoms with Crippen LogP contribution < -0.4 is 20.3 Å². The largest absolute Gasteiger partial charge is 0.493 e. The van der Waals surface area contributed by atoms with Gasteiger partial charge in [-0.2, -0.15) is 0 Å². The van der Waals surface area contributed by atoms with E-state index in [4.69, 9.17) is 9.47 Å². The Morgan fingerprint density at radius 3 is 2.59 bits per heavy atom. The summed E-state index contributed by atoms with van der Waals surface area (Å²) >= 11 is 0. The van der Waals surface area contributed by atoms with Crippen molar-refractivity contribution in [2.45, 2.75) is 19.8 Å². The summed E-state index contributed by atoms with van der Waals surface area (Å²) in [5.74, 6) is 1.45. The normalized spacial score (nSPS) is 10.6. The number of anilines is 1. The number of rotatable bonds is 6. The number of aromatic amines is 1. The van der Waals surface area contributed by atoms with E-state index < -0.39 is 0 Å². The standard InChI is InChI=1S/C20H21N3O4/c1-12-10-16(26-2)17(27-3)11-15(12)22-19(24)9-8-18-21-14-7-5-4-6-13(14)20(25)23-18/h4-7,10-11H,8-9H2,1-3H3,(H,22,24)(H,21,23,25). The molecule has 0 unspecified atom stereocenters. The second-order valence-electron chi connectivity index (χ2n) is 6.10. The van der Waals surface area contributed by atoms with Crippen LogP contribution in [0.2, 0.25) is 0 Å². The van der Waals surface area contributed by atoms with Gasteiger partial charge in [0.05, 0.1) is 25.1 Å². The number of ether oxygens (including phenoxy) is 2. The van der Waals surface area contributed by atoms with Crippen molar-refractivity contribution >= 4 is 22.5 Å². The maximum atomic E-state index is 12.3. The third-order valence-corrected chi connectivity index (χ3v) is 4.26. The molecule has 0 atom stereocenters. The predicted molar refractivity (Wildman–Crippen MR) is 104 cm³/mol. The van der Waals surface area contributed by atoms with Gasteiger partial charge in [0, 0.05) is 24.6 Å². The maximum absolute atomic E-state index is 12.3. The van der Waals surface area contributed by atoms with Gasteiger partial charge in [0.25, 0.3) is 5.56 Å². The number of carbonyl (C=O) groups is 1. The average molecular weight is 367 g/mol. The van der Waals surface area contributed by atoms with E-state index in [0.717, 1.165) is 5.56 Å². The minimum absolute atomic E-state index is 0.180. The Kier molecular flexibility index (Phi) is 5.40. The van der Waals surface area contributed by atoms with Crippen LogP contribution in [0.1, 0.15) is 17.8 Å². The lowest BCUT2D eigenvalue weighted by molar-refractivity contribution is -0.116. The van der Waals surface area contributed by atoms with E-state index >= 15 is 0 Å². The second kappa shape index (κ2) is 7.90. The first kappa shape index (κ1) is 18.4. The smallest absolute Gasteiger partial charge is 0.258 e. The summed E-state index contributed by atoms with van der Waals surface area (Å²) < 4.78 is 10.5. The number of benzene rings is 2. The minimum atomic E-state index is -0.202. The fourth-order valence-electron chi connectivity index (χ4n) is 2.81. The molecule has 3 rings (SSSR count). The minimum Gasteiger partial charge on any atom is -0.493 e. The van der Waals surface area contributed by atoms with E-state index in [9.17, 15) is 9.59 Å². The molecule has 0 aliphatic rings. The molecule has 1 heterocycles. The Hall–Kier alpha value is -3.35. The molecule has 27 heavy (non-hydrogen) atoms. The summed E-state index contributed by atoms with van der Waals surface area (Å²) in [6.07, 6.45) is 0.521. The number of fused-ring (bicyclic) bond motifs is 1. The molecule has 140 valence electrons. The van der Waals surface area contributed by atoms with Gasteiger partial charge in [-0.15, -0.1) is 0 Å². The van der Waals surface area contributed by atoms with Crippen molar-refractivity contribution in [3.63, 3.8) is 0 Å². The molecule has 0 aliphatic carbocycles. The first-order chi connectivity index (χ1) is 13.0. The van der Waals surface area contributed by atoms with Gasteiger partial charge in [0.2, 0.25) is 5.91 Å². The fourth-order valence-corrected chi connectivity index (χ4v) is 2.81. The summed E-state index contributed by atoms with van der Waals surface area (Å²) in [6.45, 7) is 1.87. The summed E-state index contributed by atoms with van der Waals surface area (Å²) in [5, 5.41) is 3.40. The van der Waals surface area contributed by atoms with E-state index in [1.54, 1.807) is 44.6 Å². The van der Waals surface area contributed by atoms with Gasteiger partial charge < -0.3 is 19.8 Å². The number of aromatic nitrogens is 2. The zero-order chi connectivity index (χ0) is 19.4. The lowest BCUT2D eigenvalue weighted by Gasteiger charge is -2.13. The zero-order valence-corrected chi connectivity index (χ0v) is 15.5. The van der Waals surface area contributed by atoms with Gasteiger partial charge in [0.15, 0.2) is 11.5 Å². The molecule has 2 aromatic carbocycles. The van der Waals surface area contributed by atoms with E-state index in [0.29, 0.717) is 40.3 Å². The van der Waals surface area contributed by atoms with Crippen molar-refractivity contribution in [3.05, 3.63) is 58.1 Å². The van der Waals surface area contributed by atoms with E-state index in [-0.39, 0.29) is 17.9 Å². The van der Waals surface area contributed by atoms with Crippen molar-refractivity contribution in [1.82, 2.24) is 9.97 Å². The molecule has 0 radical (unpaired) electrons. The molecular weight excluding hydrogens is 346 g/mol. The number of nitrogens with zero attached hydrogens (tertiary/aromatic N) is 1. The highest BCUT2D eigenvalue weighted by Gasteiger charge is 2.12. The molecule has 0 saturated heterocycles. The van der Waals surface area contributed by atoms with Crippen molar-refractivity contribution in [2.24, 2.45) is 0 Å². The van der Waals surface area contributed by atoms with Crippen LogP contribution in [0, 0.1) is 6.92 Å². The third-order valence-electron chi connectivity index (χ3n) is 4.26. The predicted octanol–water partition coefficient (Wildman–Crippen LogP) is 2.82. The van der Waals surface area contributed by atoms with E-state index in [1.165, 1.54) is 0 Å². The number of H-pyrrole nitrogens is 1. The molecule has 1 aromatic heterocycles. The molecule has 0 spiro atoms. The van der Waals surface area contributed by atoms with Gasteiger partial charge >= 0.3 is 0 Å². The summed E-state index contributed by atoms with van der Waals surface area (Å²) in [4.78, 5) is 31.6. The van der Waals surface area contributed by atoms with Crippen LogP contribution in [0.5, 0.6) is 11.5 Å². The summed E-state index contributed by atoms with van der Waals surface area (Å²) in [6, 6.07) is 10.6. The highest BCUT2D eigenvalue weighted by molar-refractivity contribution is 5.92. The van der Waals surface area contributed by atoms with Crippen LogP contribution >= 0.6 is 0 Å². The Morgan fingerprint density at radius 2 is 1.85 bits per heavy atom. The fraction of sp³-hybridized carbons (Fsp3) is 0.250. The van der Waals surface area contributed by atoms with Gasteiger partial charge in [-0.1, -0.05) is 12.1 Å². The monoisotopic (exact) mass is 367 g/mol. The SMILES string of the molecule is COc1cc(C)c(NC(=O)CCc2nc3ccccc3c(=O)[nH]2)cc1OC. The Balaban J connectivity index is 1.71. The number of nitrogens with one attached hydrogen (secondary N) is 2. The number of aryl methyl sites for hydroxylation is 2. The molecule has 3 aromatic rings. The number of amides is 1. The lowest BCUT2D eigenvalue weighted by Crippen LogP contribution is -2.16. The first-order valence-corrected chi connectivity index (χ1v) is 8.52. The molecule has 7 nitrogen and oxygen atoms in total. The van der Waals surface area contributed by atoms with Crippen molar-refractivity contribution in [3.8, 4) is 11.5 Å². The van der Waals surface area contributed by atoms with E-state index in [1.807, 2.05) is 13.0 Å². The molecular formula is C20H21N3O4. The lowest BCUT2D eigenvalue weighted by atomic mass is 10.1. The summed E-state index contributed by atoms with van der Waals surface area (Å²) in [7, 11) is 3.10. The van der Waals surface area contributed by atoms with Crippen LogP contribution in [-0.2, 0) is 11.2 Å². The van der Waals surface area contributed by atoms with E-state index in [2.05, 4.69) is 15.3 Å². The Morgan fingerprint density at radius 1 is 1.15 bits per heavy atom. The highest BCUT2D eigenvalue weighted by Crippen LogP contribution is 2.32. The third kappa shape index (κ3) is 4.08. The maximum Gasteiger partial charge on any atom is 0.258 e.